The molecule has 1 heterocycles. The maximum absolute atomic E-state index is 9.06. The molecule has 1 aromatic carbocycles. The van der Waals surface area contributed by atoms with Gasteiger partial charge in [0.1, 0.15) is 22.3 Å². The van der Waals surface area contributed by atoms with Crippen molar-refractivity contribution < 1.29 is 0 Å². The average Bonchev–Trinajstić information content (AvgIpc) is 2.38. The predicted molar refractivity (Wildman–Crippen MR) is 78.3 cm³/mol. The highest BCUT2D eigenvalue weighted by atomic mass is 79.9. The molecule has 0 spiro atoms. The third kappa shape index (κ3) is 3.30. The van der Waals surface area contributed by atoms with E-state index in [0.29, 0.717) is 11.4 Å². The van der Waals surface area contributed by atoms with Crippen molar-refractivity contribution in [3.63, 3.8) is 0 Å². The average molecular weight is 317 g/mol. The van der Waals surface area contributed by atoms with Crippen LogP contribution in [0.4, 0.5) is 11.5 Å². The van der Waals surface area contributed by atoms with Gasteiger partial charge in [-0.25, -0.2) is 9.97 Å². The quantitative estimate of drug-likeness (QED) is 0.870. The normalized spacial score (nSPS) is 10.3. The van der Waals surface area contributed by atoms with E-state index in [9.17, 15) is 0 Å². The zero-order chi connectivity index (χ0) is 13.8. The molecule has 2 rings (SSSR count). The fourth-order valence-electron chi connectivity index (χ4n) is 1.59. The smallest absolute Gasteiger partial charge is 0.135 e. The molecule has 0 amide bonds. The van der Waals surface area contributed by atoms with Crippen molar-refractivity contribution in [1.29, 1.82) is 5.26 Å². The van der Waals surface area contributed by atoms with Crippen molar-refractivity contribution >= 4 is 27.4 Å². The first kappa shape index (κ1) is 13.5. The molecule has 0 saturated carbocycles. The Bertz CT molecular complexity index is 632. The first-order valence-electron chi connectivity index (χ1n) is 5.91. The van der Waals surface area contributed by atoms with Gasteiger partial charge in [0.05, 0.1) is 11.3 Å². The summed E-state index contributed by atoms with van der Waals surface area (Å²) in [5, 5.41) is 12.2. The molecule has 0 fully saturated rings. The van der Waals surface area contributed by atoms with Gasteiger partial charge in [-0.15, -0.1) is 0 Å². The van der Waals surface area contributed by atoms with Crippen LogP contribution in [0.2, 0.25) is 0 Å². The van der Waals surface area contributed by atoms with Crippen LogP contribution >= 0.6 is 15.9 Å². The lowest BCUT2D eigenvalue weighted by Gasteiger charge is -2.10. The van der Waals surface area contributed by atoms with Crippen LogP contribution in [0.5, 0.6) is 0 Å². The number of aromatic nitrogens is 2. The molecule has 1 N–H and O–H groups in total. The van der Waals surface area contributed by atoms with Crippen LogP contribution in [0.3, 0.4) is 0 Å². The SMILES string of the molecule is CC(C)c1nc(Br)cc(Nc2ccccc2C#N)n1. The number of hydrogen-bond donors (Lipinski definition) is 1. The molecule has 5 heteroatoms. The van der Waals surface area contributed by atoms with E-state index < -0.39 is 0 Å². The Morgan fingerprint density at radius 3 is 2.68 bits per heavy atom. The van der Waals surface area contributed by atoms with Gasteiger partial charge in [-0.3, -0.25) is 0 Å². The Morgan fingerprint density at radius 2 is 2.00 bits per heavy atom. The predicted octanol–water partition coefficient (Wildman–Crippen LogP) is 3.98. The number of nitrogens with zero attached hydrogens (tertiary/aromatic N) is 3. The second-order valence-electron chi connectivity index (χ2n) is 4.37. The molecular weight excluding hydrogens is 304 g/mol. The van der Waals surface area contributed by atoms with Crippen molar-refractivity contribution in [2.75, 3.05) is 5.32 Å². The van der Waals surface area contributed by atoms with E-state index in [-0.39, 0.29) is 5.92 Å². The largest absolute Gasteiger partial charge is 0.339 e. The van der Waals surface area contributed by atoms with E-state index in [1.165, 1.54) is 0 Å². The summed E-state index contributed by atoms with van der Waals surface area (Å²) in [5.41, 5.74) is 1.33. The zero-order valence-corrected chi connectivity index (χ0v) is 12.3. The molecular formula is C14H13BrN4. The highest BCUT2D eigenvalue weighted by molar-refractivity contribution is 9.10. The summed E-state index contributed by atoms with van der Waals surface area (Å²) in [7, 11) is 0. The monoisotopic (exact) mass is 316 g/mol. The number of hydrogen-bond acceptors (Lipinski definition) is 4. The molecule has 0 bridgehead atoms. The maximum Gasteiger partial charge on any atom is 0.135 e. The molecule has 0 atom stereocenters. The lowest BCUT2D eigenvalue weighted by molar-refractivity contribution is 0.771. The van der Waals surface area contributed by atoms with Gasteiger partial charge in [-0.1, -0.05) is 26.0 Å². The number of rotatable bonds is 3. The van der Waals surface area contributed by atoms with Gasteiger partial charge in [-0.2, -0.15) is 5.26 Å². The number of anilines is 2. The number of nitrogens with one attached hydrogen (secondary N) is 1. The van der Waals surface area contributed by atoms with Crippen LogP contribution in [0.15, 0.2) is 34.9 Å². The van der Waals surface area contributed by atoms with Gasteiger partial charge >= 0.3 is 0 Å². The van der Waals surface area contributed by atoms with E-state index in [4.69, 9.17) is 5.26 Å². The van der Waals surface area contributed by atoms with Gasteiger partial charge in [0.25, 0.3) is 0 Å². The standard InChI is InChI=1S/C14H13BrN4/c1-9(2)14-18-12(15)7-13(19-14)17-11-6-4-3-5-10(11)8-16/h3-7,9H,1-2H3,(H,17,18,19). The third-order valence-corrected chi connectivity index (χ3v) is 2.95. The van der Waals surface area contributed by atoms with E-state index in [1.807, 2.05) is 32.0 Å². The Labute approximate surface area is 120 Å². The molecule has 0 aliphatic rings. The fourth-order valence-corrected chi connectivity index (χ4v) is 1.98. The summed E-state index contributed by atoms with van der Waals surface area (Å²) >= 11 is 3.37. The van der Waals surface area contributed by atoms with Gasteiger partial charge in [-0.05, 0) is 28.1 Å². The molecule has 0 aliphatic carbocycles. The van der Waals surface area contributed by atoms with Gasteiger partial charge in [0.15, 0.2) is 0 Å². The fraction of sp³-hybridized carbons (Fsp3) is 0.214. The first-order chi connectivity index (χ1) is 9.10. The topological polar surface area (TPSA) is 61.6 Å². The summed E-state index contributed by atoms with van der Waals surface area (Å²) in [4.78, 5) is 8.76. The second-order valence-corrected chi connectivity index (χ2v) is 5.18. The van der Waals surface area contributed by atoms with E-state index in [0.717, 1.165) is 16.1 Å². The van der Waals surface area contributed by atoms with Crippen LogP contribution < -0.4 is 5.32 Å². The molecule has 0 unspecified atom stereocenters. The molecule has 0 saturated heterocycles. The first-order valence-corrected chi connectivity index (χ1v) is 6.70. The van der Waals surface area contributed by atoms with E-state index in [2.05, 4.69) is 37.3 Å². The Kier molecular flexibility index (Phi) is 4.13. The number of nitriles is 1. The van der Waals surface area contributed by atoms with Crippen molar-refractivity contribution in [1.82, 2.24) is 9.97 Å². The van der Waals surface area contributed by atoms with E-state index >= 15 is 0 Å². The van der Waals surface area contributed by atoms with Crippen LogP contribution in [-0.4, -0.2) is 9.97 Å². The molecule has 0 aliphatic heterocycles. The minimum atomic E-state index is 0.240. The number of para-hydroxylation sites is 1. The lowest BCUT2D eigenvalue weighted by atomic mass is 10.2. The summed E-state index contributed by atoms with van der Waals surface area (Å²) < 4.78 is 0.725. The van der Waals surface area contributed by atoms with Crippen LogP contribution in [-0.2, 0) is 0 Å². The number of halogens is 1. The molecule has 96 valence electrons. The Balaban J connectivity index is 2.36. The molecule has 4 nitrogen and oxygen atoms in total. The van der Waals surface area contributed by atoms with Gasteiger partial charge < -0.3 is 5.32 Å². The highest BCUT2D eigenvalue weighted by Crippen LogP contribution is 2.22. The van der Waals surface area contributed by atoms with Crippen molar-refractivity contribution in [3.8, 4) is 6.07 Å². The summed E-state index contributed by atoms with van der Waals surface area (Å²) in [6.07, 6.45) is 0. The van der Waals surface area contributed by atoms with Crippen molar-refractivity contribution in [2.45, 2.75) is 19.8 Å². The van der Waals surface area contributed by atoms with Gasteiger partial charge in [0.2, 0.25) is 0 Å². The number of benzene rings is 1. The third-order valence-electron chi connectivity index (χ3n) is 2.54. The molecule has 2 aromatic rings. The van der Waals surface area contributed by atoms with Crippen LogP contribution in [0.1, 0.15) is 31.2 Å². The van der Waals surface area contributed by atoms with Crippen LogP contribution in [0, 0.1) is 11.3 Å². The van der Waals surface area contributed by atoms with E-state index in [1.54, 1.807) is 12.1 Å². The van der Waals surface area contributed by atoms with Crippen LogP contribution in [0.25, 0.3) is 0 Å². The van der Waals surface area contributed by atoms with Crippen molar-refractivity contribution in [3.05, 3.63) is 46.3 Å². The summed E-state index contributed by atoms with van der Waals surface area (Å²) in [6, 6.07) is 11.3. The highest BCUT2D eigenvalue weighted by Gasteiger charge is 2.08. The summed E-state index contributed by atoms with van der Waals surface area (Å²) in [6.45, 7) is 4.07. The molecule has 19 heavy (non-hydrogen) atoms. The Morgan fingerprint density at radius 1 is 1.26 bits per heavy atom. The maximum atomic E-state index is 9.06. The lowest BCUT2D eigenvalue weighted by Crippen LogP contribution is -2.03. The second kappa shape index (κ2) is 5.81. The van der Waals surface area contributed by atoms with Crippen molar-refractivity contribution in [2.24, 2.45) is 0 Å². The minimum Gasteiger partial charge on any atom is -0.339 e. The summed E-state index contributed by atoms with van der Waals surface area (Å²) in [5.74, 6) is 1.67. The molecule has 0 radical (unpaired) electrons. The zero-order valence-electron chi connectivity index (χ0n) is 10.7. The molecule has 1 aromatic heterocycles. The minimum absolute atomic E-state index is 0.240. The van der Waals surface area contributed by atoms with Gasteiger partial charge in [0, 0.05) is 12.0 Å². The Hall–Kier alpha value is -1.93.